The number of hydrogen-bond donors (Lipinski definition) is 1. The van der Waals surface area contributed by atoms with Gasteiger partial charge in [-0.05, 0) is 36.8 Å². The molecule has 0 heterocycles. The second-order valence-corrected chi connectivity index (χ2v) is 4.79. The summed E-state index contributed by atoms with van der Waals surface area (Å²) >= 11 is 0. The largest absolute Gasteiger partial charge is 0.423 e. The van der Waals surface area contributed by atoms with Crippen molar-refractivity contribution in [1.29, 1.82) is 0 Å². The predicted octanol–water partition coefficient (Wildman–Crippen LogP) is 2.75. The first kappa shape index (κ1) is 14.8. The SMILES string of the molecule is C#CC(O)Cc1ccc(C(=O)Oc2ccc(C)cc2)cc1. The number of aryl methyl sites for hydroxylation is 1. The van der Waals surface area contributed by atoms with Gasteiger partial charge in [0, 0.05) is 6.42 Å². The first-order valence-electron chi connectivity index (χ1n) is 6.60. The van der Waals surface area contributed by atoms with Gasteiger partial charge >= 0.3 is 5.97 Å². The lowest BCUT2D eigenvalue weighted by atomic mass is 10.1. The fourth-order valence-corrected chi connectivity index (χ4v) is 1.83. The first-order chi connectivity index (χ1) is 10.1. The summed E-state index contributed by atoms with van der Waals surface area (Å²) < 4.78 is 5.28. The van der Waals surface area contributed by atoms with Crippen LogP contribution in [0.25, 0.3) is 0 Å². The molecule has 0 aliphatic carbocycles. The molecule has 1 N–H and O–H groups in total. The Bertz CT molecular complexity index is 648. The fraction of sp³-hybridized carbons (Fsp3) is 0.167. The number of terminal acetylenes is 1. The maximum absolute atomic E-state index is 12.0. The molecule has 2 rings (SSSR count). The Balaban J connectivity index is 2.03. The number of hydrogen-bond acceptors (Lipinski definition) is 3. The van der Waals surface area contributed by atoms with Crippen molar-refractivity contribution >= 4 is 5.97 Å². The van der Waals surface area contributed by atoms with E-state index in [4.69, 9.17) is 11.2 Å². The summed E-state index contributed by atoms with van der Waals surface area (Å²) in [6.45, 7) is 1.97. The fourth-order valence-electron chi connectivity index (χ4n) is 1.83. The minimum absolute atomic E-state index is 0.365. The van der Waals surface area contributed by atoms with Gasteiger partial charge in [0.1, 0.15) is 11.9 Å². The van der Waals surface area contributed by atoms with Gasteiger partial charge in [0.15, 0.2) is 0 Å². The molecule has 0 amide bonds. The first-order valence-corrected chi connectivity index (χ1v) is 6.60. The van der Waals surface area contributed by atoms with Crippen molar-refractivity contribution in [2.45, 2.75) is 19.4 Å². The van der Waals surface area contributed by atoms with Crippen molar-refractivity contribution in [3.05, 3.63) is 65.2 Å². The summed E-state index contributed by atoms with van der Waals surface area (Å²) in [6, 6.07) is 14.1. The van der Waals surface area contributed by atoms with Crippen LogP contribution >= 0.6 is 0 Å². The van der Waals surface area contributed by atoms with E-state index in [-0.39, 0.29) is 0 Å². The van der Waals surface area contributed by atoms with E-state index >= 15 is 0 Å². The Kier molecular flexibility index (Phi) is 4.76. The molecule has 0 fully saturated rings. The van der Waals surface area contributed by atoms with Crippen molar-refractivity contribution < 1.29 is 14.6 Å². The van der Waals surface area contributed by atoms with Crippen LogP contribution in [-0.4, -0.2) is 17.2 Å². The van der Waals surface area contributed by atoms with Gasteiger partial charge in [-0.2, -0.15) is 0 Å². The van der Waals surface area contributed by atoms with E-state index in [1.807, 2.05) is 19.1 Å². The zero-order valence-electron chi connectivity index (χ0n) is 11.7. The quantitative estimate of drug-likeness (QED) is 0.532. The van der Waals surface area contributed by atoms with E-state index in [9.17, 15) is 9.90 Å². The molecular weight excluding hydrogens is 264 g/mol. The average Bonchev–Trinajstić information content (AvgIpc) is 2.50. The number of rotatable bonds is 4. The molecule has 0 aliphatic heterocycles. The van der Waals surface area contributed by atoms with E-state index in [2.05, 4.69) is 5.92 Å². The third-order valence-corrected chi connectivity index (χ3v) is 3.04. The smallest absolute Gasteiger partial charge is 0.343 e. The minimum atomic E-state index is -0.810. The van der Waals surface area contributed by atoms with Crippen LogP contribution < -0.4 is 4.74 Å². The number of esters is 1. The van der Waals surface area contributed by atoms with Crippen LogP contribution in [0.1, 0.15) is 21.5 Å². The molecule has 0 bridgehead atoms. The van der Waals surface area contributed by atoms with Gasteiger partial charge in [0.05, 0.1) is 5.56 Å². The topological polar surface area (TPSA) is 46.5 Å². The third kappa shape index (κ3) is 4.20. The second-order valence-electron chi connectivity index (χ2n) is 4.79. The molecule has 0 saturated heterocycles. The lowest BCUT2D eigenvalue weighted by Gasteiger charge is -2.06. The number of carbonyl (C=O) groups excluding carboxylic acids is 1. The summed E-state index contributed by atoms with van der Waals surface area (Å²) in [7, 11) is 0. The minimum Gasteiger partial charge on any atom is -0.423 e. The molecule has 21 heavy (non-hydrogen) atoms. The Morgan fingerprint density at radius 2 is 1.81 bits per heavy atom. The number of benzene rings is 2. The summed E-state index contributed by atoms with van der Waals surface area (Å²) in [5.74, 6) is 2.35. The van der Waals surface area contributed by atoms with E-state index in [0.717, 1.165) is 11.1 Å². The normalized spacial score (nSPS) is 11.5. The van der Waals surface area contributed by atoms with Crippen LogP contribution in [0, 0.1) is 19.3 Å². The van der Waals surface area contributed by atoms with Crippen molar-refractivity contribution in [2.24, 2.45) is 0 Å². The van der Waals surface area contributed by atoms with Gasteiger partial charge < -0.3 is 9.84 Å². The highest BCUT2D eigenvalue weighted by Gasteiger charge is 2.09. The Hall–Kier alpha value is -2.57. The summed E-state index contributed by atoms with van der Waals surface area (Å²) in [5.41, 5.74) is 2.42. The molecule has 106 valence electrons. The highest BCUT2D eigenvalue weighted by Crippen LogP contribution is 2.14. The van der Waals surface area contributed by atoms with Crippen LogP contribution in [0.5, 0.6) is 5.75 Å². The third-order valence-electron chi connectivity index (χ3n) is 3.04. The molecule has 0 saturated carbocycles. The summed E-state index contributed by atoms with van der Waals surface area (Å²) in [6.07, 6.45) is 4.68. The van der Waals surface area contributed by atoms with Crippen LogP contribution in [0.3, 0.4) is 0 Å². The van der Waals surface area contributed by atoms with E-state index < -0.39 is 12.1 Å². The van der Waals surface area contributed by atoms with Crippen LogP contribution in [0.15, 0.2) is 48.5 Å². The Morgan fingerprint density at radius 3 is 2.38 bits per heavy atom. The average molecular weight is 280 g/mol. The maximum atomic E-state index is 12.0. The number of aliphatic hydroxyl groups is 1. The summed E-state index contributed by atoms with van der Waals surface area (Å²) in [4.78, 5) is 12.0. The molecular formula is C18H16O3. The lowest BCUT2D eigenvalue weighted by molar-refractivity contribution is 0.0734. The standard InChI is InChI=1S/C18H16O3/c1-3-16(19)12-14-6-8-15(9-7-14)18(20)21-17-10-4-13(2)5-11-17/h1,4-11,16,19H,12H2,2H3. The van der Waals surface area contributed by atoms with Gasteiger partial charge in [-0.3, -0.25) is 0 Å². The van der Waals surface area contributed by atoms with Crippen molar-refractivity contribution in [2.75, 3.05) is 0 Å². The van der Waals surface area contributed by atoms with E-state index in [1.54, 1.807) is 36.4 Å². The zero-order chi connectivity index (χ0) is 15.2. The van der Waals surface area contributed by atoms with Crippen molar-refractivity contribution in [3.8, 4) is 18.1 Å². The molecule has 3 nitrogen and oxygen atoms in total. The molecule has 2 aromatic rings. The predicted molar refractivity (Wildman–Crippen MR) is 81.1 cm³/mol. The molecule has 1 unspecified atom stereocenters. The Labute approximate surface area is 124 Å². The monoisotopic (exact) mass is 280 g/mol. The van der Waals surface area contributed by atoms with Crippen LogP contribution in [0.2, 0.25) is 0 Å². The molecule has 3 heteroatoms. The van der Waals surface area contributed by atoms with Gasteiger partial charge in [0.25, 0.3) is 0 Å². The van der Waals surface area contributed by atoms with Gasteiger partial charge in [0.2, 0.25) is 0 Å². The molecule has 0 radical (unpaired) electrons. The zero-order valence-corrected chi connectivity index (χ0v) is 11.7. The maximum Gasteiger partial charge on any atom is 0.343 e. The molecule has 0 aromatic heterocycles. The molecule has 0 aliphatic rings. The highest BCUT2D eigenvalue weighted by atomic mass is 16.5. The molecule has 0 spiro atoms. The molecule has 1 atom stereocenters. The van der Waals surface area contributed by atoms with Crippen LogP contribution in [-0.2, 0) is 6.42 Å². The number of aliphatic hydroxyl groups excluding tert-OH is 1. The number of ether oxygens (including phenoxy) is 1. The lowest BCUT2D eigenvalue weighted by Crippen LogP contribution is -2.10. The second kappa shape index (κ2) is 6.74. The van der Waals surface area contributed by atoms with Crippen LogP contribution in [0.4, 0.5) is 0 Å². The van der Waals surface area contributed by atoms with E-state index in [1.165, 1.54) is 0 Å². The summed E-state index contributed by atoms with van der Waals surface area (Å²) in [5, 5.41) is 9.38. The van der Waals surface area contributed by atoms with Gasteiger partial charge in [-0.15, -0.1) is 6.42 Å². The Morgan fingerprint density at radius 1 is 1.19 bits per heavy atom. The van der Waals surface area contributed by atoms with E-state index in [0.29, 0.717) is 17.7 Å². The van der Waals surface area contributed by atoms with Crippen molar-refractivity contribution in [3.63, 3.8) is 0 Å². The van der Waals surface area contributed by atoms with Gasteiger partial charge in [-0.25, -0.2) is 4.79 Å². The van der Waals surface area contributed by atoms with Gasteiger partial charge in [-0.1, -0.05) is 35.7 Å². The number of carbonyl (C=O) groups is 1. The molecule has 2 aromatic carbocycles. The highest BCUT2D eigenvalue weighted by molar-refractivity contribution is 5.91. The van der Waals surface area contributed by atoms with Crippen molar-refractivity contribution in [1.82, 2.24) is 0 Å².